The second kappa shape index (κ2) is 7.44. The fourth-order valence-corrected chi connectivity index (χ4v) is 2.95. The summed E-state index contributed by atoms with van der Waals surface area (Å²) in [6.07, 6.45) is 0.537. The molecule has 0 saturated carbocycles. The van der Waals surface area contributed by atoms with Crippen molar-refractivity contribution in [2.24, 2.45) is 0 Å². The van der Waals surface area contributed by atoms with Crippen molar-refractivity contribution >= 4 is 22.6 Å². The lowest BCUT2D eigenvalue weighted by atomic mass is 10.0. The third kappa shape index (κ3) is 3.61. The van der Waals surface area contributed by atoms with E-state index in [0.717, 1.165) is 22.2 Å². The molecule has 0 aliphatic carbocycles. The van der Waals surface area contributed by atoms with E-state index in [-0.39, 0.29) is 12.3 Å². The zero-order valence-electron chi connectivity index (χ0n) is 15.1. The van der Waals surface area contributed by atoms with Gasteiger partial charge in [-0.25, -0.2) is 4.79 Å². The van der Waals surface area contributed by atoms with Gasteiger partial charge in [-0.05, 0) is 49.6 Å². The third-order valence-corrected chi connectivity index (χ3v) is 4.52. The Labute approximate surface area is 151 Å². The van der Waals surface area contributed by atoms with Crippen molar-refractivity contribution in [3.8, 4) is 5.75 Å². The Morgan fingerprint density at radius 3 is 2.65 bits per heavy atom. The fraction of sp³-hybridized carbons (Fsp3) is 0.238. The summed E-state index contributed by atoms with van der Waals surface area (Å²) in [7, 11) is 1.56. The number of hydrogen-bond acceptors (Lipinski definition) is 4. The molecule has 5 heteroatoms. The maximum Gasteiger partial charge on any atom is 0.339 e. The number of hydrogen-bond donors (Lipinski definition) is 1. The van der Waals surface area contributed by atoms with E-state index < -0.39 is 5.63 Å². The van der Waals surface area contributed by atoms with Gasteiger partial charge in [-0.1, -0.05) is 18.2 Å². The Balaban J connectivity index is 1.79. The molecule has 0 saturated heterocycles. The zero-order chi connectivity index (χ0) is 18.7. The van der Waals surface area contributed by atoms with Crippen LogP contribution in [0.1, 0.15) is 23.1 Å². The van der Waals surface area contributed by atoms with Crippen LogP contribution in [0.15, 0.2) is 51.7 Å². The topological polar surface area (TPSA) is 68.5 Å². The van der Waals surface area contributed by atoms with Gasteiger partial charge in [0.15, 0.2) is 0 Å². The normalized spacial score (nSPS) is 10.7. The predicted octanol–water partition coefficient (Wildman–Crippen LogP) is 3.99. The molecule has 26 heavy (non-hydrogen) atoms. The molecule has 1 heterocycles. The summed E-state index contributed by atoms with van der Waals surface area (Å²) in [6.45, 7) is 3.81. The number of carbonyl (C=O) groups is 1. The van der Waals surface area contributed by atoms with E-state index >= 15 is 0 Å². The van der Waals surface area contributed by atoms with Crippen LogP contribution in [0.25, 0.3) is 11.0 Å². The highest BCUT2D eigenvalue weighted by molar-refractivity contribution is 5.91. The van der Waals surface area contributed by atoms with Gasteiger partial charge in [0.2, 0.25) is 5.91 Å². The van der Waals surface area contributed by atoms with Crippen molar-refractivity contribution in [2.75, 3.05) is 12.4 Å². The molecule has 0 unspecified atom stereocenters. The van der Waals surface area contributed by atoms with Crippen LogP contribution in [0.2, 0.25) is 0 Å². The molecule has 0 atom stereocenters. The average molecular weight is 351 g/mol. The fourth-order valence-electron chi connectivity index (χ4n) is 2.95. The zero-order valence-corrected chi connectivity index (χ0v) is 15.1. The molecule has 1 aromatic heterocycles. The van der Waals surface area contributed by atoms with Crippen LogP contribution in [0.3, 0.4) is 0 Å². The molecule has 134 valence electrons. The van der Waals surface area contributed by atoms with Crippen molar-refractivity contribution in [2.45, 2.75) is 26.7 Å². The summed E-state index contributed by atoms with van der Waals surface area (Å²) in [5.41, 5.74) is 3.22. The van der Waals surface area contributed by atoms with E-state index in [0.29, 0.717) is 23.3 Å². The van der Waals surface area contributed by atoms with Crippen molar-refractivity contribution in [3.05, 3.63) is 69.6 Å². The first-order valence-electron chi connectivity index (χ1n) is 8.45. The molecule has 0 radical (unpaired) electrons. The number of carbonyl (C=O) groups excluding carboxylic acids is 1. The number of anilines is 1. The first kappa shape index (κ1) is 17.7. The highest BCUT2D eigenvalue weighted by atomic mass is 16.5. The summed E-state index contributed by atoms with van der Waals surface area (Å²) in [5.74, 6) is 0.498. The number of rotatable bonds is 5. The Bertz CT molecular complexity index is 1020. The number of amides is 1. The molecule has 3 rings (SSSR count). The van der Waals surface area contributed by atoms with E-state index in [1.165, 1.54) is 0 Å². The number of methoxy groups -OCH3 is 1. The summed E-state index contributed by atoms with van der Waals surface area (Å²) in [6, 6.07) is 13.0. The minimum absolute atomic E-state index is 0.132. The number of aryl methyl sites for hydroxylation is 2. The van der Waals surface area contributed by atoms with Crippen LogP contribution >= 0.6 is 0 Å². The summed E-state index contributed by atoms with van der Waals surface area (Å²) in [4.78, 5) is 24.6. The molecular weight excluding hydrogens is 330 g/mol. The molecule has 1 N–H and O–H groups in total. The van der Waals surface area contributed by atoms with Gasteiger partial charge < -0.3 is 14.5 Å². The average Bonchev–Trinajstić information content (AvgIpc) is 2.63. The van der Waals surface area contributed by atoms with Crippen molar-refractivity contribution < 1.29 is 13.9 Å². The smallest absolute Gasteiger partial charge is 0.339 e. The number of benzene rings is 2. The number of ether oxygens (including phenoxy) is 1. The molecule has 0 bridgehead atoms. The van der Waals surface area contributed by atoms with E-state index in [1.54, 1.807) is 13.2 Å². The molecular formula is C21H21NO4. The molecule has 3 aromatic rings. The van der Waals surface area contributed by atoms with Crippen LogP contribution in [-0.2, 0) is 11.2 Å². The summed E-state index contributed by atoms with van der Waals surface area (Å²) < 4.78 is 10.6. The monoisotopic (exact) mass is 351 g/mol. The molecule has 5 nitrogen and oxygen atoms in total. The number of para-hydroxylation sites is 1. The second-order valence-electron chi connectivity index (χ2n) is 6.22. The van der Waals surface area contributed by atoms with Crippen molar-refractivity contribution in [1.29, 1.82) is 0 Å². The minimum atomic E-state index is -0.410. The Hall–Kier alpha value is -3.08. The van der Waals surface area contributed by atoms with Gasteiger partial charge in [-0.2, -0.15) is 0 Å². The highest BCUT2D eigenvalue weighted by Gasteiger charge is 2.14. The lowest BCUT2D eigenvalue weighted by Gasteiger charge is -2.10. The standard InChI is InChI=1S/C21H21NO4/c1-13-6-4-5-7-18(13)22-20(23)11-10-17-14(2)16-9-8-15(25-3)12-19(16)26-21(17)24/h4-9,12H,10-11H2,1-3H3,(H,22,23). The van der Waals surface area contributed by atoms with E-state index in [4.69, 9.17) is 9.15 Å². The van der Waals surface area contributed by atoms with Crippen molar-refractivity contribution in [1.82, 2.24) is 0 Å². The van der Waals surface area contributed by atoms with Crippen LogP contribution in [0.5, 0.6) is 5.75 Å². The molecule has 1 amide bonds. The van der Waals surface area contributed by atoms with E-state index in [1.807, 2.05) is 50.2 Å². The number of fused-ring (bicyclic) bond motifs is 1. The van der Waals surface area contributed by atoms with E-state index in [9.17, 15) is 9.59 Å². The molecule has 0 aliphatic heterocycles. The van der Waals surface area contributed by atoms with Crippen LogP contribution in [0, 0.1) is 13.8 Å². The van der Waals surface area contributed by atoms with E-state index in [2.05, 4.69) is 5.32 Å². The van der Waals surface area contributed by atoms with Crippen LogP contribution in [0.4, 0.5) is 5.69 Å². The highest BCUT2D eigenvalue weighted by Crippen LogP contribution is 2.24. The molecule has 0 spiro atoms. The molecule has 0 aliphatic rings. The largest absolute Gasteiger partial charge is 0.497 e. The SMILES string of the molecule is COc1ccc2c(C)c(CCC(=O)Nc3ccccc3C)c(=O)oc2c1. The van der Waals surface area contributed by atoms with Gasteiger partial charge in [-0.15, -0.1) is 0 Å². The predicted molar refractivity (Wildman–Crippen MR) is 102 cm³/mol. The first-order valence-corrected chi connectivity index (χ1v) is 8.45. The minimum Gasteiger partial charge on any atom is -0.497 e. The summed E-state index contributed by atoms with van der Waals surface area (Å²) >= 11 is 0. The molecule has 0 fully saturated rings. The van der Waals surface area contributed by atoms with Gasteiger partial charge in [0.25, 0.3) is 0 Å². The van der Waals surface area contributed by atoms with Crippen molar-refractivity contribution in [3.63, 3.8) is 0 Å². The molecule has 2 aromatic carbocycles. The Morgan fingerprint density at radius 2 is 1.92 bits per heavy atom. The number of nitrogens with one attached hydrogen (secondary N) is 1. The first-order chi connectivity index (χ1) is 12.5. The Kier molecular flexibility index (Phi) is 5.07. The van der Waals surface area contributed by atoms with Gasteiger partial charge in [0.1, 0.15) is 11.3 Å². The van der Waals surface area contributed by atoms with Gasteiger partial charge in [-0.3, -0.25) is 4.79 Å². The lowest BCUT2D eigenvalue weighted by Crippen LogP contribution is -2.17. The van der Waals surface area contributed by atoms with Gasteiger partial charge in [0.05, 0.1) is 7.11 Å². The lowest BCUT2D eigenvalue weighted by molar-refractivity contribution is -0.116. The summed E-state index contributed by atoms with van der Waals surface area (Å²) in [5, 5.41) is 3.73. The maximum absolute atomic E-state index is 12.3. The Morgan fingerprint density at radius 1 is 1.15 bits per heavy atom. The maximum atomic E-state index is 12.3. The second-order valence-corrected chi connectivity index (χ2v) is 6.22. The third-order valence-electron chi connectivity index (χ3n) is 4.52. The van der Waals surface area contributed by atoms with Crippen LogP contribution < -0.4 is 15.7 Å². The van der Waals surface area contributed by atoms with Crippen LogP contribution in [-0.4, -0.2) is 13.0 Å². The van der Waals surface area contributed by atoms with Gasteiger partial charge >= 0.3 is 5.63 Å². The van der Waals surface area contributed by atoms with Gasteiger partial charge in [0, 0.05) is 29.1 Å². The quantitative estimate of drug-likeness (QED) is 0.706.